The fraction of sp³-hybridized carbons (Fsp3) is 0.714. The molecule has 2 heteroatoms. The van der Waals surface area contributed by atoms with Crippen molar-refractivity contribution in [3.05, 3.63) is 21.9 Å². The van der Waals surface area contributed by atoms with E-state index in [1.54, 1.807) is 0 Å². The first kappa shape index (κ1) is 13.7. The van der Waals surface area contributed by atoms with Crippen molar-refractivity contribution in [1.29, 1.82) is 0 Å². The maximum Gasteiger partial charge on any atom is 0.0443 e. The lowest BCUT2D eigenvalue weighted by Crippen LogP contribution is -2.27. The summed E-state index contributed by atoms with van der Waals surface area (Å²) in [5.74, 6) is 0.768. The van der Waals surface area contributed by atoms with Gasteiger partial charge in [0.2, 0.25) is 0 Å². The number of aryl methyl sites for hydroxylation is 1. The normalized spacial score (nSPS) is 13.3. The van der Waals surface area contributed by atoms with E-state index in [0.29, 0.717) is 6.04 Å². The predicted molar refractivity (Wildman–Crippen MR) is 74.2 cm³/mol. The minimum atomic E-state index is 0.564. The molecule has 0 aliphatic heterocycles. The summed E-state index contributed by atoms with van der Waals surface area (Å²) in [6, 6.07) is 5.10. The van der Waals surface area contributed by atoms with Crippen LogP contribution in [0.4, 0.5) is 0 Å². The van der Waals surface area contributed by atoms with Crippen LogP contribution in [0.1, 0.15) is 55.8 Å². The second-order valence-corrected chi connectivity index (χ2v) is 5.78. The van der Waals surface area contributed by atoms with Crippen molar-refractivity contribution in [2.24, 2.45) is 5.92 Å². The highest BCUT2D eigenvalue weighted by Crippen LogP contribution is 2.31. The lowest BCUT2D eigenvalue weighted by atomic mass is 9.93. The average molecular weight is 239 g/mol. The molecule has 1 aromatic heterocycles. The highest BCUT2D eigenvalue weighted by molar-refractivity contribution is 7.12. The second kappa shape index (κ2) is 7.08. The fourth-order valence-corrected chi connectivity index (χ4v) is 3.23. The topological polar surface area (TPSA) is 12.0 Å². The van der Waals surface area contributed by atoms with Crippen molar-refractivity contribution in [3.63, 3.8) is 0 Å². The van der Waals surface area contributed by atoms with E-state index in [1.165, 1.54) is 29.0 Å². The van der Waals surface area contributed by atoms with Gasteiger partial charge in [0.05, 0.1) is 0 Å². The Morgan fingerprint density at radius 1 is 1.19 bits per heavy atom. The van der Waals surface area contributed by atoms with Gasteiger partial charge in [0.25, 0.3) is 0 Å². The van der Waals surface area contributed by atoms with E-state index >= 15 is 0 Å². The molecule has 0 aliphatic carbocycles. The van der Waals surface area contributed by atoms with Crippen LogP contribution in [-0.4, -0.2) is 6.54 Å². The highest BCUT2D eigenvalue weighted by atomic mass is 32.1. The van der Waals surface area contributed by atoms with Crippen molar-refractivity contribution in [3.8, 4) is 0 Å². The first-order chi connectivity index (χ1) is 7.72. The molecule has 0 fully saturated rings. The van der Waals surface area contributed by atoms with Gasteiger partial charge in [-0.25, -0.2) is 0 Å². The van der Waals surface area contributed by atoms with E-state index in [2.05, 4.69) is 45.1 Å². The SMILES string of the molecule is CCCNC(c1ccc(C)s1)C(CC)CC. The molecule has 0 aliphatic rings. The van der Waals surface area contributed by atoms with Crippen molar-refractivity contribution >= 4 is 11.3 Å². The van der Waals surface area contributed by atoms with E-state index < -0.39 is 0 Å². The lowest BCUT2D eigenvalue weighted by Gasteiger charge is -2.25. The van der Waals surface area contributed by atoms with Gasteiger partial charge in [-0.2, -0.15) is 0 Å². The zero-order valence-corrected chi connectivity index (χ0v) is 11.9. The number of hydrogen-bond donors (Lipinski definition) is 1. The van der Waals surface area contributed by atoms with Crippen LogP contribution in [0.5, 0.6) is 0 Å². The van der Waals surface area contributed by atoms with Crippen LogP contribution in [0.25, 0.3) is 0 Å². The summed E-state index contributed by atoms with van der Waals surface area (Å²) in [5, 5.41) is 3.71. The number of hydrogen-bond acceptors (Lipinski definition) is 2. The van der Waals surface area contributed by atoms with Crippen LogP contribution in [-0.2, 0) is 0 Å². The predicted octanol–water partition coefficient (Wildman–Crippen LogP) is 4.53. The van der Waals surface area contributed by atoms with Crippen LogP contribution >= 0.6 is 11.3 Å². The minimum Gasteiger partial charge on any atom is -0.309 e. The Morgan fingerprint density at radius 3 is 2.31 bits per heavy atom. The van der Waals surface area contributed by atoms with Crippen LogP contribution in [0.2, 0.25) is 0 Å². The molecule has 16 heavy (non-hydrogen) atoms. The van der Waals surface area contributed by atoms with E-state index in [0.717, 1.165) is 12.5 Å². The fourth-order valence-electron chi connectivity index (χ4n) is 2.18. The summed E-state index contributed by atoms with van der Waals surface area (Å²) in [6.45, 7) is 10.2. The molecule has 0 saturated carbocycles. The van der Waals surface area contributed by atoms with Gasteiger partial charge in [-0.3, -0.25) is 0 Å². The molecule has 1 nitrogen and oxygen atoms in total. The van der Waals surface area contributed by atoms with Gasteiger partial charge in [-0.1, -0.05) is 33.6 Å². The summed E-state index contributed by atoms with van der Waals surface area (Å²) in [7, 11) is 0. The van der Waals surface area contributed by atoms with Crippen molar-refractivity contribution < 1.29 is 0 Å². The highest BCUT2D eigenvalue weighted by Gasteiger charge is 2.20. The molecule has 0 saturated heterocycles. The summed E-state index contributed by atoms with van der Waals surface area (Å²) < 4.78 is 0. The van der Waals surface area contributed by atoms with Crippen LogP contribution < -0.4 is 5.32 Å². The molecule has 1 atom stereocenters. The van der Waals surface area contributed by atoms with E-state index in [-0.39, 0.29) is 0 Å². The van der Waals surface area contributed by atoms with Gasteiger partial charge in [-0.15, -0.1) is 11.3 Å². The first-order valence-electron chi connectivity index (χ1n) is 6.52. The van der Waals surface area contributed by atoms with Crippen LogP contribution in [0.3, 0.4) is 0 Å². The third kappa shape index (κ3) is 3.60. The Balaban J connectivity index is 2.77. The quantitative estimate of drug-likeness (QED) is 0.737. The Kier molecular flexibility index (Phi) is 6.07. The van der Waals surface area contributed by atoms with E-state index in [1.807, 2.05) is 11.3 Å². The second-order valence-electron chi connectivity index (χ2n) is 4.46. The summed E-state index contributed by atoms with van der Waals surface area (Å²) >= 11 is 1.94. The summed E-state index contributed by atoms with van der Waals surface area (Å²) in [4.78, 5) is 2.93. The molecule has 92 valence electrons. The van der Waals surface area contributed by atoms with Gasteiger partial charge < -0.3 is 5.32 Å². The van der Waals surface area contributed by atoms with Crippen molar-refractivity contribution in [1.82, 2.24) is 5.32 Å². The zero-order valence-electron chi connectivity index (χ0n) is 11.0. The Bertz CT molecular complexity index is 289. The number of thiophene rings is 1. The molecular formula is C14H25NS. The Hall–Kier alpha value is -0.340. The van der Waals surface area contributed by atoms with Crippen LogP contribution in [0.15, 0.2) is 12.1 Å². The minimum absolute atomic E-state index is 0.564. The largest absolute Gasteiger partial charge is 0.309 e. The summed E-state index contributed by atoms with van der Waals surface area (Å²) in [6.07, 6.45) is 3.73. The first-order valence-corrected chi connectivity index (χ1v) is 7.34. The molecule has 0 aromatic carbocycles. The zero-order chi connectivity index (χ0) is 12.0. The maximum atomic E-state index is 3.71. The molecule has 0 bridgehead atoms. The third-order valence-electron chi connectivity index (χ3n) is 3.20. The Morgan fingerprint density at radius 2 is 1.88 bits per heavy atom. The molecule has 1 unspecified atom stereocenters. The smallest absolute Gasteiger partial charge is 0.0443 e. The third-order valence-corrected chi connectivity index (χ3v) is 4.29. The standard InChI is InChI=1S/C14H25NS/c1-5-10-15-14(12(6-2)7-3)13-9-8-11(4)16-13/h8-9,12,14-15H,5-7,10H2,1-4H3. The van der Waals surface area contributed by atoms with Gasteiger partial charge in [0.1, 0.15) is 0 Å². The van der Waals surface area contributed by atoms with Gasteiger partial charge in [0.15, 0.2) is 0 Å². The van der Waals surface area contributed by atoms with E-state index in [4.69, 9.17) is 0 Å². The van der Waals surface area contributed by atoms with Crippen molar-refractivity contribution in [2.45, 2.75) is 53.0 Å². The summed E-state index contributed by atoms with van der Waals surface area (Å²) in [5.41, 5.74) is 0. The Labute approximate surface area is 104 Å². The molecular weight excluding hydrogens is 214 g/mol. The number of rotatable bonds is 7. The monoisotopic (exact) mass is 239 g/mol. The maximum absolute atomic E-state index is 3.71. The number of nitrogens with one attached hydrogen (secondary N) is 1. The average Bonchev–Trinajstić information content (AvgIpc) is 2.71. The molecule has 1 rings (SSSR count). The molecule has 1 aromatic rings. The van der Waals surface area contributed by atoms with Gasteiger partial charge in [-0.05, 0) is 37.9 Å². The van der Waals surface area contributed by atoms with Crippen molar-refractivity contribution in [2.75, 3.05) is 6.54 Å². The van der Waals surface area contributed by atoms with E-state index in [9.17, 15) is 0 Å². The molecule has 0 spiro atoms. The molecule has 0 radical (unpaired) electrons. The molecule has 0 amide bonds. The molecule has 1 N–H and O–H groups in total. The van der Waals surface area contributed by atoms with Gasteiger partial charge >= 0.3 is 0 Å². The molecule has 1 heterocycles. The van der Waals surface area contributed by atoms with Gasteiger partial charge in [0, 0.05) is 15.8 Å². The van der Waals surface area contributed by atoms with Crippen LogP contribution in [0, 0.1) is 12.8 Å². The lowest BCUT2D eigenvalue weighted by molar-refractivity contribution is 0.346.